The summed E-state index contributed by atoms with van der Waals surface area (Å²) in [4.78, 5) is 21.4. The summed E-state index contributed by atoms with van der Waals surface area (Å²) >= 11 is 0. The van der Waals surface area contributed by atoms with E-state index in [0.717, 1.165) is 13.1 Å². The number of hydrogen-bond donors (Lipinski definition) is 0. The van der Waals surface area contributed by atoms with Crippen LogP contribution in [0.25, 0.3) is 0 Å². The molecule has 0 bridgehead atoms. The third kappa shape index (κ3) is 5.72. The summed E-state index contributed by atoms with van der Waals surface area (Å²) in [5.41, 5.74) is 4.28. The molecule has 1 aromatic carbocycles. The number of carbonyl (C=O) groups is 1. The Labute approximate surface area is 179 Å². The van der Waals surface area contributed by atoms with Crippen LogP contribution in [0.5, 0.6) is 5.88 Å². The second kappa shape index (κ2) is 9.47. The van der Waals surface area contributed by atoms with Crippen molar-refractivity contribution in [3.8, 4) is 5.88 Å². The maximum Gasteiger partial charge on any atom is 0.255 e. The first kappa shape index (κ1) is 22.1. The number of rotatable bonds is 6. The molecule has 3 rings (SSSR count). The van der Waals surface area contributed by atoms with Crippen molar-refractivity contribution in [1.29, 1.82) is 0 Å². The molecular formula is C24H33N3O3. The first-order valence-electron chi connectivity index (χ1n) is 10.6. The minimum atomic E-state index is -0.185. The highest BCUT2D eigenvalue weighted by Crippen LogP contribution is 2.24. The Kier molecular flexibility index (Phi) is 6.98. The Morgan fingerprint density at radius 2 is 1.77 bits per heavy atom. The first-order valence-corrected chi connectivity index (χ1v) is 10.6. The van der Waals surface area contributed by atoms with Crippen molar-refractivity contribution in [1.82, 2.24) is 9.88 Å². The highest BCUT2D eigenvalue weighted by Gasteiger charge is 2.23. The van der Waals surface area contributed by atoms with Crippen LogP contribution >= 0.6 is 0 Å². The van der Waals surface area contributed by atoms with Gasteiger partial charge in [0, 0.05) is 44.1 Å². The fourth-order valence-corrected chi connectivity index (χ4v) is 3.50. The number of anilines is 1. The summed E-state index contributed by atoms with van der Waals surface area (Å²) in [6, 6.07) is 9.92. The molecule has 1 fully saturated rings. The van der Waals surface area contributed by atoms with Crippen LogP contribution in [0.4, 0.5) is 5.69 Å². The van der Waals surface area contributed by atoms with Gasteiger partial charge < -0.3 is 19.3 Å². The molecule has 6 nitrogen and oxygen atoms in total. The number of amides is 1. The molecule has 0 aliphatic carbocycles. The number of ether oxygens (including phenoxy) is 2. The molecule has 0 spiro atoms. The molecule has 0 saturated carbocycles. The van der Waals surface area contributed by atoms with Crippen molar-refractivity contribution in [2.45, 2.75) is 40.2 Å². The Morgan fingerprint density at radius 1 is 1.03 bits per heavy atom. The van der Waals surface area contributed by atoms with Gasteiger partial charge in [0.15, 0.2) is 0 Å². The molecule has 2 aromatic rings. The number of carbonyl (C=O) groups excluding carboxylic acids is 1. The molecular weight excluding hydrogens is 378 g/mol. The predicted molar refractivity (Wildman–Crippen MR) is 119 cm³/mol. The summed E-state index contributed by atoms with van der Waals surface area (Å²) in [5, 5.41) is 0. The van der Waals surface area contributed by atoms with Crippen molar-refractivity contribution in [2.75, 3.05) is 44.3 Å². The highest BCUT2D eigenvalue weighted by molar-refractivity contribution is 5.94. The summed E-state index contributed by atoms with van der Waals surface area (Å²) in [6.07, 6.45) is 1.60. The Balaban J connectivity index is 1.51. The van der Waals surface area contributed by atoms with Gasteiger partial charge in [-0.15, -0.1) is 0 Å². The van der Waals surface area contributed by atoms with E-state index in [-0.39, 0.29) is 11.5 Å². The van der Waals surface area contributed by atoms with Gasteiger partial charge in [-0.3, -0.25) is 4.79 Å². The summed E-state index contributed by atoms with van der Waals surface area (Å²) in [7, 11) is 0. The average Bonchev–Trinajstić information content (AvgIpc) is 2.73. The van der Waals surface area contributed by atoms with Gasteiger partial charge in [-0.2, -0.15) is 0 Å². The van der Waals surface area contributed by atoms with E-state index in [1.165, 1.54) is 16.8 Å². The average molecular weight is 412 g/mol. The summed E-state index contributed by atoms with van der Waals surface area (Å²) < 4.78 is 11.2. The number of hydrogen-bond acceptors (Lipinski definition) is 5. The maximum absolute atomic E-state index is 12.9. The van der Waals surface area contributed by atoms with Gasteiger partial charge in [-0.05, 0) is 57.9 Å². The zero-order chi connectivity index (χ0) is 21.7. The summed E-state index contributed by atoms with van der Waals surface area (Å²) in [6.45, 7) is 14.3. The molecule has 1 aliphatic rings. The normalized spacial score (nSPS) is 14.7. The van der Waals surface area contributed by atoms with Gasteiger partial charge in [0.25, 0.3) is 5.91 Å². The number of benzene rings is 1. The lowest BCUT2D eigenvalue weighted by Crippen LogP contribution is -2.49. The molecule has 1 saturated heterocycles. The number of aryl methyl sites for hydroxylation is 1. The topological polar surface area (TPSA) is 54.9 Å². The first-order chi connectivity index (χ1) is 14.2. The van der Waals surface area contributed by atoms with E-state index in [4.69, 9.17) is 9.47 Å². The minimum Gasteiger partial charge on any atom is -0.475 e. The smallest absolute Gasteiger partial charge is 0.255 e. The van der Waals surface area contributed by atoms with E-state index in [2.05, 4.69) is 41.9 Å². The molecule has 2 heterocycles. The van der Waals surface area contributed by atoms with Crippen LogP contribution < -0.4 is 9.64 Å². The quantitative estimate of drug-likeness (QED) is 0.676. The van der Waals surface area contributed by atoms with Gasteiger partial charge in [0.05, 0.1) is 17.8 Å². The molecule has 6 heteroatoms. The van der Waals surface area contributed by atoms with Crippen LogP contribution in [0.1, 0.15) is 42.3 Å². The second-order valence-corrected chi connectivity index (χ2v) is 8.69. The van der Waals surface area contributed by atoms with Gasteiger partial charge in [0.2, 0.25) is 5.88 Å². The van der Waals surface area contributed by atoms with Crippen molar-refractivity contribution < 1.29 is 14.3 Å². The Hall–Kier alpha value is -2.60. The van der Waals surface area contributed by atoms with E-state index in [1.54, 1.807) is 18.3 Å². The fraction of sp³-hybridized carbons (Fsp3) is 0.500. The van der Waals surface area contributed by atoms with E-state index in [1.807, 2.05) is 25.7 Å². The second-order valence-electron chi connectivity index (χ2n) is 8.69. The Bertz CT molecular complexity index is 851. The van der Waals surface area contributed by atoms with Crippen LogP contribution in [0.3, 0.4) is 0 Å². The number of aromatic nitrogens is 1. The third-order valence-corrected chi connectivity index (χ3v) is 5.34. The fourth-order valence-electron chi connectivity index (χ4n) is 3.50. The van der Waals surface area contributed by atoms with E-state index in [9.17, 15) is 4.79 Å². The lowest BCUT2D eigenvalue weighted by molar-refractivity contribution is -0.0168. The zero-order valence-corrected chi connectivity index (χ0v) is 18.8. The monoisotopic (exact) mass is 411 g/mol. The van der Waals surface area contributed by atoms with Crippen molar-refractivity contribution in [3.63, 3.8) is 0 Å². The summed E-state index contributed by atoms with van der Waals surface area (Å²) in [5.74, 6) is 0.523. The van der Waals surface area contributed by atoms with Crippen LogP contribution in [0.2, 0.25) is 0 Å². The third-order valence-electron chi connectivity index (χ3n) is 5.34. The lowest BCUT2D eigenvalue weighted by atomic mass is 10.1. The minimum absolute atomic E-state index is 0.0192. The number of pyridine rings is 1. The predicted octanol–water partition coefficient (Wildman–Crippen LogP) is 3.85. The maximum atomic E-state index is 12.9. The molecule has 162 valence electrons. The highest BCUT2D eigenvalue weighted by atomic mass is 16.5. The van der Waals surface area contributed by atoms with Crippen molar-refractivity contribution >= 4 is 11.6 Å². The van der Waals surface area contributed by atoms with Crippen LogP contribution in [0, 0.1) is 13.8 Å². The standard InChI is InChI=1S/C24H33N3O3/c1-18-7-6-8-21(19(18)2)26-11-13-27(14-12-26)23(28)20-9-10-22(25-17-20)29-15-16-30-24(3,4)5/h6-10,17H,11-16H2,1-5H3. The number of nitrogens with zero attached hydrogens (tertiary/aromatic N) is 3. The molecule has 1 aromatic heterocycles. The van der Waals surface area contributed by atoms with E-state index >= 15 is 0 Å². The van der Waals surface area contributed by atoms with Crippen LogP contribution in [-0.4, -0.2) is 60.8 Å². The van der Waals surface area contributed by atoms with Crippen LogP contribution in [0.15, 0.2) is 36.5 Å². The van der Waals surface area contributed by atoms with E-state index < -0.39 is 0 Å². The molecule has 0 atom stereocenters. The van der Waals surface area contributed by atoms with Gasteiger partial charge in [-0.25, -0.2) is 4.98 Å². The largest absolute Gasteiger partial charge is 0.475 e. The zero-order valence-electron chi connectivity index (χ0n) is 18.8. The lowest BCUT2D eigenvalue weighted by Gasteiger charge is -2.37. The van der Waals surface area contributed by atoms with Crippen LogP contribution in [-0.2, 0) is 4.74 Å². The van der Waals surface area contributed by atoms with E-state index in [0.29, 0.717) is 37.7 Å². The van der Waals surface area contributed by atoms with Gasteiger partial charge in [0.1, 0.15) is 6.61 Å². The number of piperazine rings is 1. The molecule has 0 radical (unpaired) electrons. The molecule has 0 unspecified atom stereocenters. The van der Waals surface area contributed by atoms with Crippen molar-refractivity contribution in [3.05, 3.63) is 53.2 Å². The van der Waals surface area contributed by atoms with Gasteiger partial charge in [-0.1, -0.05) is 12.1 Å². The van der Waals surface area contributed by atoms with Gasteiger partial charge >= 0.3 is 0 Å². The molecule has 30 heavy (non-hydrogen) atoms. The molecule has 0 N–H and O–H groups in total. The Morgan fingerprint density at radius 3 is 2.40 bits per heavy atom. The molecule has 1 aliphatic heterocycles. The van der Waals surface area contributed by atoms with Crippen molar-refractivity contribution in [2.24, 2.45) is 0 Å². The SMILES string of the molecule is Cc1cccc(N2CCN(C(=O)c3ccc(OCCOC(C)(C)C)nc3)CC2)c1C. The molecule has 1 amide bonds.